The van der Waals surface area contributed by atoms with E-state index in [1.54, 1.807) is 6.20 Å². The van der Waals surface area contributed by atoms with Crippen LogP contribution in [0.15, 0.2) is 41.0 Å². The third-order valence-corrected chi connectivity index (χ3v) is 6.54. The summed E-state index contributed by atoms with van der Waals surface area (Å²) >= 11 is 3.54. The Labute approximate surface area is 178 Å². The van der Waals surface area contributed by atoms with Gasteiger partial charge in [-0.2, -0.15) is 10.2 Å². The van der Waals surface area contributed by atoms with Crippen LogP contribution in [0.4, 0.5) is 5.82 Å². The van der Waals surface area contributed by atoms with Gasteiger partial charge in [0, 0.05) is 21.8 Å². The van der Waals surface area contributed by atoms with Gasteiger partial charge in [-0.3, -0.25) is 4.79 Å². The normalized spacial score (nSPS) is 17.0. The SMILES string of the molecule is CC(C1CC1)n1nccc1NC(=O)c1nn(-c2cccc(Br)c2)c2c1CCCC2. The number of carbonyl (C=O) groups is 1. The van der Waals surface area contributed by atoms with E-state index in [2.05, 4.69) is 33.3 Å². The van der Waals surface area contributed by atoms with E-state index in [9.17, 15) is 4.79 Å². The van der Waals surface area contributed by atoms with Gasteiger partial charge in [0.1, 0.15) is 5.82 Å². The van der Waals surface area contributed by atoms with Crippen molar-refractivity contribution in [2.45, 2.75) is 51.5 Å². The van der Waals surface area contributed by atoms with Crippen LogP contribution in [0.25, 0.3) is 5.69 Å². The molecule has 2 heterocycles. The first-order chi connectivity index (χ1) is 14.1. The Bertz CT molecular complexity index is 1070. The molecular formula is C22H24BrN5O. The largest absolute Gasteiger partial charge is 0.305 e. The van der Waals surface area contributed by atoms with Gasteiger partial charge in [0.25, 0.3) is 5.91 Å². The van der Waals surface area contributed by atoms with Crippen LogP contribution in [0.3, 0.4) is 0 Å². The summed E-state index contributed by atoms with van der Waals surface area (Å²) in [7, 11) is 0. The molecule has 7 heteroatoms. The molecule has 0 bridgehead atoms. The molecule has 5 rings (SSSR count). The highest BCUT2D eigenvalue weighted by atomic mass is 79.9. The van der Waals surface area contributed by atoms with Crippen molar-refractivity contribution in [2.75, 3.05) is 5.32 Å². The van der Waals surface area contributed by atoms with Crippen LogP contribution in [0.2, 0.25) is 0 Å². The van der Waals surface area contributed by atoms with Gasteiger partial charge < -0.3 is 5.32 Å². The molecule has 0 saturated heterocycles. The van der Waals surface area contributed by atoms with Crippen LogP contribution >= 0.6 is 15.9 Å². The molecule has 2 aliphatic carbocycles. The fourth-order valence-corrected chi connectivity index (χ4v) is 4.68. The number of anilines is 1. The number of benzene rings is 1. The quantitative estimate of drug-likeness (QED) is 0.595. The summed E-state index contributed by atoms with van der Waals surface area (Å²) in [5, 5.41) is 12.3. The molecule has 1 N–H and O–H groups in total. The lowest BCUT2D eigenvalue weighted by Gasteiger charge is -2.16. The first-order valence-corrected chi connectivity index (χ1v) is 11.1. The predicted molar refractivity (Wildman–Crippen MR) is 116 cm³/mol. The number of nitrogens with zero attached hydrogens (tertiary/aromatic N) is 4. The molecule has 150 valence electrons. The molecule has 1 amide bonds. The Kier molecular flexibility index (Phi) is 4.78. The van der Waals surface area contributed by atoms with E-state index in [1.807, 2.05) is 39.7 Å². The molecule has 1 aromatic carbocycles. The van der Waals surface area contributed by atoms with Crippen molar-refractivity contribution in [1.82, 2.24) is 19.6 Å². The molecule has 1 atom stereocenters. The van der Waals surface area contributed by atoms with Gasteiger partial charge in [0.15, 0.2) is 5.69 Å². The average Bonchev–Trinajstić information content (AvgIpc) is 3.35. The summed E-state index contributed by atoms with van der Waals surface area (Å²) in [4.78, 5) is 13.2. The summed E-state index contributed by atoms with van der Waals surface area (Å²) in [6, 6.07) is 10.2. The molecule has 2 aliphatic rings. The first-order valence-electron chi connectivity index (χ1n) is 10.3. The fraction of sp³-hybridized carbons (Fsp3) is 0.409. The predicted octanol–water partition coefficient (Wildman–Crippen LogP) is 4.93. The zero-order valence-corrected chi connectivity index (χ0v) is 18.0. The fourth-order valence-electron chi connectivity index (χ4n) is 4.29. The number of nitrogens with one attached hydrogen (secondary N) is 1. The zero-order chi connectivity index (χ0) is 20.0. The number of aromatic nitrogens is 4. The third kappa shape index (κ3) is 3.52. The second-order valence-electron chi connectivity index (χ2n) is 8.07. The minimum Gasteiger partial charge on any atom is -0.305 e. The maximum absolute atomic E-state index is 13.2. The minimum atomic E-state index is -0.151. The van der Waals surface area contributed by atoms with Gasteiger partial charge in [0.2, 0.25) is 0 Å². The zero-order valence-electron chi connectivity index (χ0n) is 16.4. The summed E-state index contributed by atoms with van der Waals surface area (Å²) in [5.74, 6) is 1.26. The molecular weight excluding hydrogens is 430 g/mol. The van der Waals surface area contributed by atoms with Gasteiger partial charge in [-0.15, -0.1) is 0 Å². The topological polar surface area (TPSA) is 64.7 Å². The Morgan fingerprint density at radius 1 is 1.24 bits per heavy atom. The molecule has 2 aromatic heterocycles. The number of rotatable bonds is 5. The van der Waals surface area contributed by atoms with E-state index in [-0.39, 0.29) is 5.91 Å². The molecule has 0 radical (unpaired) electrons. The van der Waals surface area contributed by atoms with Crippen LogP contribution in [-0.2, 0) is 12.8 Å². The lowest BCUT2D eigenvalue weighted by Crippen LogP contribution is -2.20. The molecule has 1 unspecified atom stereocenters. The number of halogens is 1. The van der Waals surface area contributed by atoms with Crippen LogP contribution in [-0.4, -0.2) is 25.5 Å². The van der Waals surface area contributed by atoms with E-state index in [0.29, 0.717) is 17.7 Å². The number of amides is 1. The molecule has 0 aliphatic heterocycles. The number of hydrogen-bond donors (Lipinski definition) is 1. The Hall–Kier alpha value is -2.41. The Morgan fingerprint density at radius 2 is 2.07 bits per heavy atom. The molecule has 1 fully saturated rings. The van der Waals surface area contributed by atoms with Gasteiger partial charge in [-0.1, -0.05) is 22.0 Å². The second-order valence-corrected chi connectivity index (χ2v) is 8.98. The summed E-state index contributed by atoms with van der Waals surface area (Å²) in [6.45, 7) is 2.17. The van der Waals surface area contributed by atoms with Crippen molar-refractivity contribution >= 4 is 27.7 Å². The monoisotopic (exact) mass is 453 g/mol. The smallest absolute Gasteiger partial charge is 0.277 e. The average molecular weight is 454 g/mol. The van der Waals surface area contributed by atoms with Crippen LogP contribution in [0.1, 0.15) is 60.4 Å². The van der Waals surface area contributed by atoms with Crippen molar-refractivity contribution < 1.29 is 4.79 Å². The Balaban J connectivity index is 1.48. The number of hydrogen-bond acceptors (Lipinski definition) is 3. The van der Waals surface area contributed by atoms with E-state index in [0.717, 1.165) is 52.9 Å². The summed E-state index contributed by atoms with van der Waals surface area (Å²) in [6.07, 6.45) is 8.28. The van der Waals surface area contributed by atoms with Crippen molar-refractivity contribution in [2.24, 2.45) is 5.92 Å². The van der Waals surface area contributed by atoms with E-state index < -0.39 is 0 Å². The molecule has 6 nitrogen and oxygen atoms in total. The molecule has 3 aromatic rings. The second kappa shape index (κ2) is 7.44. The lowest BCUT2D eigenvalue weighted by molar-refractivity contribution is 0.101. The summed E-state index contributed by atoms with van der Waals surface area (Å²) in [5.41, 5.74) is 3.74. The highest BCUT2D eigenvalue weighted by molar-refractivity contribution is 9.10. The van der Waals surface area contributed by atoms with Crippen molar-refractivity contribution in [1.29, 1.82) is 0 Å². The van der Waals surface area contributed by atoms with Gasteiger partial charge in [-0.25, -0.2) is 9.36 Å². The van der Waals surface area contributed by atoms with Crippen molar-refractivity contribution in [3.63, 3.8) is 0 Å². The molecule has 1 saturated carbocycles. The van der Waals surface area contributed by atoms with E-state index >= 15 is 0 Å². The lowest BCUT2D eigenvalue weighted by atomic mass is 9.95. The van der Waals surface area contributed by atoms with Crippen LogP contribution in [0.5, 0.6) is 0 Å². The van der Waals surface area contributed by atoms with Crippen LogP contribution in [0, 0.1) is 5.92 Å². The molecule has 0 spiro atoms. The summed E-state index contributed by atoms with van der Waals surface area (Å²) < 4.78 is 4.88. The Morgan fingerprint density at radius 3 is 2.86 bits per heavy atom. The van der Waals surface area contributed by atoms with Crippen molar-refractivity contribution in [3.8, 4) is 5.69 Å². The van der Waals surface area contributed by atoms with Gasteiger partial charge in [0.05, 0.1) is 17.9 Å². The highest BCUT2D eigenvalue weighted by Crippen LogP contribution is 2.40. The van der Waals surface area contributed by atoms with E-state index in [1.165, 1.54) is 12.8 Å². The number of fused-ring (bicyclic) bond motifs is 1. The van der Waals surface area contributed by atoms with Gasteiger partial charge in [-0.05, 0) is 69.6 Å². The maximum atomic E-state index is 13.2. The van der Waals surface area contributed by atoms with E-state index in [4.69, 9.17) is 5.10 Å². The van der Waals surface area contributed by atoms with Crippen molar-refractivity contribution in [3.05, 3.63) is 58.0 Å². The van der Waals surface area contributed by atoms with Crippen LogP contribution < -0.4 is 5.32 Å². The highest BCUT2D eigenvalue weighted by Gasteiger charge is 2.31. The standard InChI is InChI=1S/C22H24BrN5O/c1-14(15-9-10-15)27-20(11-12-24-27)25-22(29)21-18-7-2-3-8-19(18)28(26-21)17-6-4-5-16(23)13-17/h4-6,11-15H,2-3,7-10H2,1H3,(H,25,29). The molecule has 29 heavy (non-hydrogen) atoms. The van der Waals surface area contributed by atoms with Gasteiger partial charge >= 0.3 is 0 Å². The third-order valence-electron chi connectivity index (χ3n) is 6.05. The first kappa shape index (κ1) is 18.6. The maximum Gasteiger partial charge on any atom is 0.277 e. The number of carbonyl (C=O) groups excluding carboxylic acids is 1. The minimum absolute atomic E-state index is 0.151.